The SMILES string of the molecule is CC/C=C\C/C=C\C/C=C\C/C=C\C/C=C\C/C=C\C/C=C\CCCCCCCC(=O)NC(CO)C(O)/C=C/CC/C=C/CC/C=C/CCCCCCCCCCCCCCCCCCCCCCCC. The van der Waals surface area contributed by atoms with Crippen LogP contribution in [0.15, 0.2) is 122 Å². The largest absolute Gasteiger partial charge is 0.394 e. The van der Waals surface area contributed by atoms with Gasteiger partial charge in [-0.2, -0.15) is 0 Å². The summed E-state index contributed by atoms with van der Waals surface area (Å²) in [7, 11) is 0. The molecule has 0 aliphatic carbocycles. The van der Waals surface area contributed by atoms with Crippen LogP contribution in [0.1, 0.15) is 277 Å². The standard InChI is InChI=1S/C67H115NO3/c1-3-5-7-9-11-13-15-17-19-21-23-25-27-29-31-32-33-34-35-37-38-40-42-44-46-48-50-52-54-56-58-60-62-66(70)65(64-69)68-67(71)63-61-59-57-55-53-51-49-47-45-43-41-39-36-30-28-26-24-22-20-18-16-14-12-10-8-6-4-2/h6,8,12,14,18,20,24,26,30,36,41,43-44,46-47,49,52,54,60,62,65-66,69-70H,3-5,7,9-11,13,15-17,19,21-23,25,27-29,31-35,37-40,42,45,48,50-51,53,55-59,61,63-64H2,1-2H3,(H,68,71)/b8-6-,14-12-,20-18-,26-24-,36-30-,43-41-,46-44+,49-47-,54-52+,62-60+. The maximum absolute atomic E-state index is 12.5. The molecule has 0 aliphatic heterocycles. The fraction of sp³-hybridized carbons (Fsp3) is 0.687. The van der Waals surface area contributed by atoms with Crippen molar-refractivity contribution < 1.29 is 15.0 Å². The normalized spacial score (nSPS) is 13.7. The Morgan fingerprint density at radius 2 is 0.634 bits per heavy atom. The number of hydrogen-bond acceptors (Lipinski definition) is 3. The smallest absolute Gasteiger partial charge is 0.220 e. The van der Waals surface area contributed by atoms with Crippen molar-refractivity contribution >= 4 is 5.91 Å². The molecule has 2 unspecified atom stereocenters. The molecular weight excluding hydrogens is 867 g/mol. The Kier molecular flexibility index (Phi) is 58.3. The molecule has 1 amide bonds. The molecule has 3 N–H and O–H groups in total. The van der Waals surface area contributed by atoms with Crippen LogP contribution in [0, 0.1) is 0 Å². The number of carbonyl (C=O) groups excluding carboxylic acids is 1. The number of amides is 1. The van der Waals surface area contributed by atoms with Crippen LogP contribution in [0.2, 0.25) is 0 Å². The lowest BCUT2D eigenvalue weighted by atomic mass is 10.0. The molecule has 71 heavy (non-hydrogen) atoms. The first-order valence-corrected chi connectivity index (χ1v) is 30.2. The zero-order valence-electron chi connectivity index (χ0n) is 46.7. The summed E-state index contributed by atoms with van der Waals surface area (Å²) in [5.74, 6) is -0.100. The third kappa shape index (κ3) is 57.6. The zero-order valence-corrected chi connectivity index (χ0v) is 46.7. The lowest BCUT2D eigenvalue weighted by Crippen LogP contribution is -2.45. The van der Waals surface area contributed by atoms with Gasteiger partial charge in [0.2, 0.25) is 5.91 Å². The minimum absolute atomic E-state index is 0.100. The molecule has 0 aromatic carbocycles. The maximum Gasteiger partial charge on any atom is 0.220 e. The molecule has 406 valence electrons. The number of carbonyl (C=O) groups is 1. The van der Waals surface area contributed by atoms with Gasteiger partial charge in [0, 0.05) is 6.42 Å². The van der Waals surface area contributed by atoms with E-state index >= 15 is 0 Å². The molecule has 0 aromatic heterocycles. The fourth-order valence-corrected chi connectivity index (χ4v) is 8.60. The summed E-state index contributed by atoms with van der Waals surface area (Å²) in [6.45, 7) is 4.18. The predicted octanol–water partition coefficient (Wildman–Crippen LogP) is 20.4. The van der Waals surface area contributed by atoms with Gasteiger partial charge in [-0.05, 0) is 103 Å². The molecule has 2 atom stereocenters. The number of aliphatic hydroxyl groups excluding tert-OH is 2. The van der Waals surface area contributed by atoms with Gasteiger partial charge >= 0.3 is 0 Å². The zero-order chi connectivity index (χ0) is 51.3. The molecule has 4 heteroatoms. The van der Waals surface area contributed by atoms with Gasteiger partial charge in [0.05, 0.1) is 18.8 Å². The Bertz CT molecular complexity index is 1390. The number of hydrogen-bond donors (Lipinski definition) is 3. The summed E-state index contributed by atoms with van der Waals surface area (Å²) < 4.78 is 0. The van der Waals surface area contributed by atoms with Crippen molar-refractivity contribution in [1.82, 2.24) is 5.32 Å². The van der Waals surface area contributed by atoms with E-state index in [0.29, 0.717) is 6.42 Å². The van der Waals surface area contributed by atoms with Crippen molar-refractivity contribution in [3.05, 3.63) is 122 Å². The second kappa shape index (κ2) is 61.1. The molecule has 0 saturated heterocycles. The third-order valence-electron chi connectivity index (χ3n) is 13.2. The molecule has 0 fully saturated rings. The van der Waals surface area contributed by atoms with Gasteiger partial charge in [-0.1, -0.05) is 289 Å². The topological polar surface area (TPSA) is 69.6 Å². The lowest BCUT2D eigenvalue weighted by molar-refractivity contribution is -0.123. The summed E-state index contributed by atoms with van der Waals surface area (Å²) in [6.07, 6.45) is 93.8. The fourth-order valence-electron chi connectivity index (χ4n) is 8.60. The monoisotopic (exact) mass is 982 g/mol. The Morgan fingerprint density at radius 3 is 0.986 bits per heavy atom. The highest BCUT2D eigenvalue weighted by molar-refractivity contribution is 5.76. The maximum atomic E-state index is 12.5. The average Bonchev–Trinajstić information content (AvgIpc) is 3.37. The molecule has 0 bridgehead atoms. The minimum Gasteiger partial charge on any atom is -0.394 e. The molecule has 0 aromatic rings. The highest BCUT2D eigenvalue weighted by Crippen LogP contribution is 2.16. The summed E-state index contributed by atoms with van der Waals surface area (Å²) in [6, 6.07) is -0.667. The number of unbranched alkanes of at least 4 members (excludes halogenated alkanes) is 29. The third-order valence-corrected chi connectivity index (χ3v) is 13.2. The Hall–Kier alpha value is -3.21. The molecule has 0 radical (unpaired) electrons. The van der Waals surface area contributed by atoms with E-state index in [1.807, 2.05) is 6.08 Å². The van der Waals surface area contributed by atoms with Crippen LogP contribution in [0.25, 0.3) is 0 Å². The molecule has 0 heterocycles. The quantitative estimate of drug-likeness (QED) is 0.0420. The summed E-state index contributed by atoms with van der Waals surface area (Å²) in [5.41, 5.74) is 0. The van der Waals surface area contributed by atoms with E-state index in [2.05, 4.69) is 129 Å². The van der Waals surface area contributed by atoms with Gasteiger partial charge in [-0.25, -0.2) is 0 Å². The second-order valence-electron chi connectivity index (χ2n) is 20.0. The summed E-state index contributed by atoms with van der Waals surface area (Å²) in [5, 5.41) is 23.2. The lowest BCUT2D eigenvalue weighted by Gasteiger charge is -2.19. The van der Waals surface area contributed by atoms with Crippen molar-refractivity contribution in [3.63, 3.8) is 0 Å². The molecule has 0 aliphatic rings. The highest BCUT2D eigenvalue weighted by Gasteiger charge is 2.18. The molecular formula is C67H115NO3. The van der Waals surface area contributed by atoms with Crippen molar-refractivity contribution in [2.75, 3.05) is 6.61 Å². The molecule has 0 spiro atoms. The van der Waals surface area contributed by atoms with Crippen LogP contribution in [-0.4, -0.2) is 34.9 Å². The number of aliphatic hydroxyl groups is 2. The second-order valence-corrected chi connectivity index (χ2v) is 20.0. The van der Waals surface area contributed by atoms with Gasteiger partial charge in [0.15, 0.2) is 0 Å². The Morgan fingerprint density at radius 1 is 0.352 bits per heavy atom. The highest BCUT2D eigenvalue weighted by atomic mass is 16.3. The Labute approximate surface area is 441 Å². The van der Waals surface area contributed by atoms with Crippen molar-refractivity contribution in [2.45, 2.75) is 289 Å². The Balaban J connectivity index is 3.63. The van der Waals surface area contributed by atoms with E-state index in [1.165, 1.54) is 161 Å². The van der Waals surface area contributed by atoms with E-state index in [4.69, 9.17) is 0 Å². The first kappa shape index (κ1) is 67.8. The van der Waals surface area contributed by atoms with Crippen LogP contribution in [0.4, 0.5) is 0 Å². The van der Waals surface area contributed by atoms with Crippen LogP contribution in [0.3, 0.4) is 0 Å². The van der Waals surface area contributed by atoms with Crippen LogP contribution >= 0.6 is 0 Å². The van der Waals surface area contributed by atoms with Crippen molar-refractivity contribution in [1.29, 1.82) is 0 Å². The van der Waals surface area contributed by atoms with Crippen molar-refractivity contribution in [3.8, 4) is 0 Å². The van der Waals surface area contributed by atoms with Crippen LogP contribution < -0.4 is 5.32 Å². The van der Waals surface area contributed by atoms with Crippen molar-refractivity contribution in [2.24, 2.45) is 0 Å². The van der Waals surface area contributed by atoms with Gasteiger partial charge in [0.25, 0.3) is 0 Å². The number of nitrogens with one attached hydrogen (secondary N) is 1. The van der Waals surface area contributed by atoms with Crippen LogP contribution in [0.5, 0.6) is 0 Å². The first-order chi connectivity index (χ1) is 35.2. The summed E-state index contributed by atoms with van der Waals surface area (Å²) in [4.78, 5) is 12.5. The van der Waals surface area contributed by atoms with E-state index in [9.17, 15) is 15.0 Å². The molecule has 0 rings (SSSR count). The van der Waals surface area contributed by atoms with Gasteiger partial charge in [0.1, 0.15) is 0 Å². The van der Waals surface area contributed by atoms with Crippen LogP contribution in [-0.2, 0) is 4.79 Å². The number of rotatable bonds is 54. The first-order valence-electron chi connectivity index (χ1n) is 30.2. The van der Waals surface area contributed by atoms with E-state index in [0.717, 1.165) is 96.3 Å². The average molecular weight is 983 g/mol. The van der Waals surface area contributed by atoms with Gasteiger partial charge in [-0.3, -0.25) is 4.79 Å². The molecule has 0 saturated carbocycles. The summed E-state index contributed by atoms with van der Waals surface area (Å²) >= 11 is 0. The number of allylic oxidation sites excluding steroid dienone is 19. The predicted molar refractivity (Wildman–Crippen MR) is 317 cm³/mol. The van der Waals surface area contributed by atoms with Gasteiger partial charge < -0.3 is 15.5 Å². The van der Waals surface area contributed by atoms with E-state index < -0.39 is 12.1 Å². The van der Waals surface area contributed by atoms with E-state index in [1.54, 1.807) is 6.08 Å². The molecule has 4 nitrogen and oxygen atoms in total. The van der Waals surface area contributed by atoms with E-state index in [-0.39, 0.29) is 12.5 Å². The minimum atomic E-state index is -0.890. The van der Waals surface area contributed by atoms with Gasteiger partial charge in [-0.15, -0.1) is 0 Å².